The fraction of sp³-hybridized carbons (Fsp3) is 0.150. The van der Waals surface area contributed by atoms with Crippen LogP contribution in [0.3, 0.4) is 0 Å². The van der Waals surface area contributed by atoms with E-state index in [2.05, 4.69) is 15.7 Å². The van der Waals surface area contributed by atoms with E-state index in [0.29, 0.717) is 18.1 Å². The van der Waals surface area contributed by atoms with Crippen LogP contribution in [0.5, 0.6) is 0 Å². The SMILES string of the molecule is Cn1c(C(=O)NCC(=O)Nc2ccn(Cc3ccccc3)n2)cc2sccc21. The van der Waals surface area contributed by atoms with E-state index >= 15 is 0 Å². The van der Waals surface area contributed by atoms with Gasteiger partial charge in [0, 0.05) is 19.3 Å². The number of carbonyl (C=O) groups excluding carboxylic acids is 2. The van der Waals surface area contributed by atoms with Crippen LogP contribution in [0.2, 0.25) is 0 Å². The van der Waals surface area contributed by atoms with Crippen molar-refractivity contribution in [3.63, 3.8) is 0 Å². The summed E-state index contributed by atoms with van der Waals surface area (Å²) in [6, 6.07) is 15.5. The molecule has 4 aromatic rings. The summed E-state index contributed by atoms with van der Waals surface area (Å²) < 4.78 is 4.62. The van der Waals surface area contributed by atoms with E-state index in [9.17, 15) is 9.59 Å². The van der Waals surface area contributed by atoms with Crippen molar-refractivity contribution in [2.75, 3.05) is 11.9 Å². The highest BCUT2D eigenvalue weighted by molar-refractivity contribution is 7.17. The minimum atomic E-state index is -0.325. The molecule has 8 heteroatoms. The molecule has 0 spiro atoms. The zero-order valence-corrected chi connectivity index (χ0v) is 16.1. The zero-order valence-electron chi connectivity index (χ0n) is 15.3. The number of thiophene rings is 1. The molecule has 2 N–H and O–H groups in total. The first-order chi connectivity index (χ1) is 13.6. The van der Waals surface area contributed by atoms with Gasteiger partial charge in [-0.2, -0.15) is 5.10 Å². The van der Waals surface area contributed by atoms with Crippen molar-refractivity contribution in [3.8, 4) is 0 Å². The van der Waals surface area contributed by atoms with E-state index in [1.54, 1.807) is 28.3 Å². The van der Waals surface area contributed by atoms with Crippen molar-refractivity contribution >= 4 is 39.2 Å². The summed E-state index contributed by atoms with van der Waals surface area (Å²) in [6.07, 6.45) is 1.80. The molecule has 28 heavy (non-hydrogen) atoms. The van der Waals surface area contributed by atoms with Gasteiger partial charge >= 0.3 is 0 Å². The summed E-state index contributed by atoms with van der Waals surface area (Å²) in [6.45, 7) is 0.501. The van der Waals surface area contributed by atoms with Gasteiger partial charge in [-0.1, -0.05) is 30.3 Å². The van der Waals surface area contributed by atoms with Gasteiger partial charge in [-0.15, -0.1) is 11.3 Å². The highest BCUT2D eigenvalue weighted by Gasteiger charge is 2.15. The van der Waals surface area contributed by atoms with Crippen molar-refractivity contribution in [3.05, 3.63) is 71.4 Å². The molecule has 142 valence electrons. The second-order valence-electron chi connectivity index (χ2n) is 6.37. The van der Waals surface area contributed by atoms with Crippen LogP contribution in [0.4, 0.5) is 5.82 Å². The van der Waals surface area contributed by atoms with Crippen molar-refractivity contribution < 1.29 is 9.59 Å². The van der Waals surface area contributed by atoms with E-state index in [1.807, 2.05) is 59.5 Å². The van der Waals surface area contributed by atoms with Crippen LogP contribution in [-0.2, 0) is 18.4 Å². The first kappa shape index (κ1) is 18.0. The van der Waals surface area contributed by atoms with Gasteiger partial charge in [0.2, 0.25) is 5.91 Å². The average Bonchev–Trinajstić information content (AvgIpc) is 3.39. The van der Waals surface area contributed by atoms with Gasteiger partial charge in [0.05, 0.1) is 23.3 Å². The monoisotopic (exact) mass is 393 g/mol. The van der Waals surface area contributed by atoms with Gasteiger partial charge in [-0.25, -0.2) is 0 Å². The fourth-order valence-corrected chi connectivity index (χ4v) is 3.84. The first-order valence-electron chi connectivity index (χ1n) is 8.78. The van der Waals surface area contributed by atoms with Gasteiger partial charge in [0.15, 0.2) is 5.82 Å². The maximum absolute atomic E-state index is 12.4. The third-order valence-electron chi connectivity index (χ3n) is 4.40. The number of aryl methyl sites for hydroxylation is 1. The third kappa shape index (κ3) is 3.81. The maximum Gasteiger partial charge on any atom is 0.268 e. The Bertz CT molecular complexity index is 1130. The summed E-state index contributed by atoms with van der Waals surface area (Å²) >= 11 is 1.58. The molecule has 2 amide bonds. The van der Waals surface area contributed by atoms with Crippen molar-refractivity contribution in [1.82, 2.24) is 19.7 Å². The molecule has 3 heterocycles. The zero-order chi connectivity index (χ0) is 19.5. The van der Waals surface area contributed by atoms with E-state index < -0.39 is 0 Å². The van der Waals surface area contributed by atoms with Gasteiger partial charge in [-0.05, 0) is 23.1 Å². The molecule has 0 unspecified atom stereocenters. The van der Waals surface area contributed by atoms with Crippen LogP contribution in [0.25, 0.3) is 10.2 Å². The molecule has 0 aliphatic carbocycles. The molecule has 1 aromatic carbocycles. The van der Waals surface area contributed by atoms with Crippen molar-refractivity contribution in [1.29, 1.82) is 0 Å². The molecule has 0 fully saturated rings. The summed E-state index contributed by atoms with van der Waals surface area (Å²) in [5.74, 6) is -0.153. The number of nitrogens with zero attached hydrogens (tertiary/aromatic N) is 3. The van der Waals surface area contributed by atoms with E-state index in [-0.39, 0.29) is 18.4 Å². The quantitative estimate of drug-likeness (QED) is 0.529. The van der Waals surface area contributed by atoms with E-state index in [1.165, 1.54) is 0 Å². The number of aromatic nitrogens is 3. The molecular formula is C20H19N5O2S. The molecule has 0 atom stereocenters. The van der Waals surface area contributed by atoms with Crippen LogP contribution in [0.1, 0.15) is 16.1 Å². The third-order valence-corrected chi connectivity index (χ3v) is 5.25. The molecule has 0 bridgehead atoms. The Morgan fingerprint density at radius 2 is 1.96 bits per heavy atom. The Morgan fingerprint density at radius 3 is 2.75 bits per heavy atom. The normalized spacial score (nSPS) is 10.9. The minimum absolute atomic E-state index is 0.122. The lowest BCUT2D eigenvalue weighted by atomic mass is 10.2. The molecule has 0 saturated heterocycles. The molecule has 4 rings (SSSR count). The largest absolute Gasteiger partial charge is 0.342 e. The van der Waals surface area contributed by atoms with Crippen LogP contribution in [-0.4, -0.2) is 32.7 Å². The summed E-state index contributed by atoms with van der Waals surface area (Å²) in [5, 5.41) is 11.7. The number of hydrogen-bond acceptors (Lipinski definition) is 4. The smallest absolute Gasteiger partial charge is 0.268 e. The van der Waals surface area contributed by atoms with E-state index in [0.717, 1.165) is 15.8 Å². The van der Waals surface area contributed by atoms with Gasteiger partial charge in [-0.3, -0.25) is 14.3 Å². The lowest BCUT2D eigenvalue weighted by Gasteiger charge is -2.06. The predicted octanol–water partition coefficient (Wildman–Crippen LogP) is 2.85. The number of nitrogens with one attached hydrogen (secondary N) is 2. The first-order valence-corrected chi connectivity index (χ1v) is 9.66. The number of fused-ring (bicyclic) bond motifs is 1. The minimum Gasteiger partial charge on any atom is -0.342 e. The van der Waals surface area contributed by atoms with Crippen LogP contribution in [0.15, 0.2) is 60.1 Å². The number of anilines is 1. The van der Waals surface area contributed by atoms with Crippen LogP contribution < -0.4 is 10.6 Å². The van der Waals surface area contributed by atoms with Crippen LogP contribution >= 0.6 is 11.3 Å². The van der Waals surface area contributed by atoms with Gasteiger partial charge < -0.3 is 15.2 Å². The van der Waals surface area contributed by atoms with Crippen molar-refractivity contribution in [2.24, 2.45) is 7.05 Å². The van der Waals surface area contributed by atoms with Crippen molar-refractivity contribution in [2.45, 2.75) is 6.54 Å². The molecule has 3 aromatic heterocycles. The van der Waals surface area contributed by atoms with Gasteiger partial charge in [0.25, 0.3) is 5.91 Å². The molecule has 0 aliphatic heterocycles. The Balaban J connectivity index is 1.31. The number of benzene rings is 1. The highest BCUT2D eigenvalue weighted by Crippen LogP contribution is 2.23. The predicted molar refractivity (Wildman–Crippen MR) is 110 cm³/mol. The molecular weight excluding hydrogens is 374 g/mol. The topological polar surface area (TPSA) is 81.0 Å². The molecule has 0 aliphatic rings. The number of hydrogen-bond donors (Lipinski definition) is 2. The highest BCUT2D eigenvalue weighted by atomic mass is 32.1. The Hall–Kier alpha value is -3.39. The molecule has 0 saturated carbocycles. The summed E-state index contributed by atoms with van der Waals surface area (Å²) in [4.78, 5) is 24.5. The maximum atomic E-state index is 12.4. The number of rotatable bonds is 6. The second-order valence-corrected chi connectivity index (χ2v) is 7.32. The average molecular weight is 393 g/mol. The van der Waals surface area contributed by atoms with Gasteiger partial charge in [0.1, 0.15) is 5.69 Å². The lowest BCUT2D eigenvalue weighted by Crippen LogP contribution is -2.33. The molecule has 0 radical (unpaired) electrons. The Kier molecular flexibility index (Phi) is 4.94. The standard InChI is InChI=1S/C20H19N5O2S/c1-24-15-8-10-28-17(15)11-16(24)20(27)21-12-19(26)22-18-7-9-25(23-18)13-14-5-3-2-4-6-14/h2-11H,12-13H2,1H3,(H,21,27)(H,22,23,26). The fourth-order valence-electron chi connectivity index (χ4n) is 2.99. The number of carbonyl (C=O) groups is 2. The summed E-state index contributed by atoms with van der Waals surface area (Å²) in [7, 11) is 1.84. The number of amides is 2. The Morgan fingerprint density at radius 1 is 1.14 bits per heavy atom. The summed E-state index contributed by atoms with van der Waals surface area (Å²) in [5.41, 5.74) is 2.66. The lowest BCUT2D eigenvalue weighted by molar-refractivity contribution is -0.115. The van der Waals surface area contributed by atoms with E-state index in [4.69, 9.17) is 0 Å². The second kappa shape index (κ2) is 7.69. The van der Waals surface area contributed by atoms with Crippen LogP contribution in [0, 0.1) is 0 Å². The Labute approximate surface area is 165 Å². The molecule has 7 nitrogen and oxygen atoms in total.